The van der Waals surface area contributed by atoms with Crippen molar-refractivity contribution in [1.29, 1.82) is 0 Å². The van der Waals surface area contributed by atoms with Crippen LogP contribution in [-0.2, 0) is 28.6 Å². The van der Waals surface area contributed by atoms with Gasteiger partial charge >= 0.3 is 17.9 Å². The van der Waals surface area contributed by atoms with Crippen LogP contribution in [0.25, 0.3) is 0 Å². The number of allylic oxidation sites excluding steroid dienone is 12. The summed E-state index contributed by atoms with van der Waals surface area (Å²) in [6, 6.07) is 0. The first-order valence-electron chi connectivity index (χ1n) is 25.9. The van der Waals surface area contributed by atoms with Crippen LogP contribution in [0.4, 0.5) is 0 Å². The predicted octanol–water partition coefficient (Wildman–Crippen LogP) is 17.0. The Hall–Kier alpha value is -3.15. The second-order valence-corrected chi connectivity index (χ2v) is 17.1. The molecule has 0 aromatic carbocycles. The van der Waals surface area contributed by atoms with Gasteiger partial charge in [-0.15, -0.1) is 0 Å². The van der Waals surface area contributed by atoms with Crippen LogP contribution in [0.1, 0.15) is 245 Å². The maximum Gasteiger partial charge on any atom is 0.306 e. The molecule has 0 aromatic rings. The fourth-order valence-corrected chi connectivity index (χ4v) is 7.06. The molecule has 1 unspecified atom stereocenters. The third-order valence-electron chi connectivity index (χ3n) is 10.9. The second kappa shape index (κ2) is 50.5. The summed E-state index contributed by atoms with van der Waals surface area (Å²) in [6.45, 7) is 6.42. The predicted molar refractivity (Wildman–Crippen MR) is 265 cm³/mol. The number of esters is 3. The molecule has 0 fully saturated rings. The normalized spacial score (nSPS) is 12.6. The molecule has 0 radical (unpaired) electrons. The van der Waals surface area contributed by atoms with Crippen LogP contribution in [-0.4, -0.2) is 37.2 Å². The van der Waals surface area contributed by atoms with Crippen LogP contribution in [0, 0.1) is 0 Å². The molecule has 0 aliphatic carbocycles. The zero-order valence-corrected chi connectivity index (χ0v) is 40.6. The molecule has 0 N–H and O–H groups in total. The molecular formula is C56H96O6. The van der Waals surface area contributed by atoms with E-state index in [1.54, 1.807) is 0 Å². The van der Waals surface area contributed by atoms with Gasteiger partial charge in [-0.3, -0.25) is 14.4 Å². The summed E-state index contributed by atoms with van der Waals surface area (Å²) in [5.41, 5.74) is 0. The quantitative estimate of drug-likeness (QED) is 0.0262. The van der Waals surface area contributed by atoms with E-state index in [-0.39, 0.29) is 37.5 Å². The van der Waals surface area contributed by atoms with Crippen molar-refractivity contribution in [2.75, 3.05) is 13.2 Å². The van der Waals surface area contributed by atoms with Gasteiger partial charge in [-0.1, -0.05) is 216 Å². The van der Waals surface area contributed by atoms with Crippen molar-refractivity contribution in [2.24, 2.45) is 0 Å². The Balaban J connectivity index is 4.44. The van der Waals surface area contributed by atoms with Crippen LogP contribution < -0.4 is 0 Å². The first-order valence-corrected chi connectivity index (χ1v) is 25.9. The van der Waals surface area contributed by atoms with Crippen molar-refractivity contribution in [3.63, 3.8) is 0 Å². The van der Waals surface area contributed by atoms with Gasteiger partial charge < -0.3 is 14.2 Å². The molecule has 6 heteroatoms. The zero-order chi connectivity index (χ0) is 45.1. The summed E-state index contributed by atoms with van der Waals surface area (Å²) in [6.07, 6.45) is 63.2. The molecule has 0 bridgehead atoms. The summed E-state index contributed by atoms with van der Waals surface area (Å²) in [7, 11) is 0. The molecule has 1 atom stereocenters. The highest BCUT2D eigenvalue weighted by molar-refractivity contribution is 5.71. The van der Waals surface area contributed by atoms with Crippen molar-refractivity contribution in [2.45, 2.75) is 252 Å². The molecule has 0 saturated carbocycles. The maximum absolute atomic E-state index is 12.8. The third-order valence-corrected chi connectivity index (χ3v) is 10.9. The fourth-order valence-electron chi connectivity index (χ4n) is 7.06. The smallest absolute Gasteiger partial charge is 0.306 e. The first kappa shape index (κ1) is 58.9. The van der Waals surface area contributed by atoms with Crippen molar-refractivity contribution < 1.29 is 28.6 Å². The van der Waals surface area contributed by atoms with E-state index in [1.807, 2.05) is 0 Å². The van der Waals surface area contributed by atoms with Crippen molar-refractivity contribution in [3.8, 4) is 0 Å². The Morgan fingerprint density at radius 2 is 0.661 bits per heavy atom. The van der Waals surface area contributed by atoms with Crippen LogP contribution in [0.5, 0.6) is 0 Å². The Labute approximate surface area is 382 Å². The zero-order valence-electron chi connectivity index (χ0n) is 40.6. The van der Waals surface area contributed by atoms with Crippen LogP contribution in [0.3, 0.4) is 0 Å². The number of hydrogen-bond donors (Lipinski definition) is 0. The van der Waals surface area contributed by atoms with E-state index in [4.69, 9.17) is 14.2 Å². The van der Waals surface area contributed by atoms with Gasteiger partial charge in [-0.05, 0) is 83.5 Å². The van der Waals surface area contributed by atoms with Gasteiger partial charge in [0, 0.05) is 19.3 Å². The van der Waals surface area contributed by atoms with Gasteiger partial charge in [0.2, 0.25) is 0 Å². The third kappa shape index (κ3) is 47.9. The molecule has 6 nitrogen and oxygen atoms in total. The minimum Gasteiger partial charge on any atom is -0.462 e. The van der Waals surface area contributed by atoms with Crippen LogP contribution in [0.2, 0.25) is 0 Å². The van der Waals surface area contributed by atoms with Crippen LogP contribution >= 0.6 is 0 Å². The number of carbonyl (C=O) groups is 3. The van der Waals surface area contributed by atoms with E-state index in [2.05, 4.69) is 93.7 Å². The maximum atomic E-state index is 12.8. The van der Waals surface area contributed by atoms with E-state index in [9.17, 15) is 14.4 Å². The Morgan fingerprint density at radius 3 is 1.08 bits per heavy atom. The Morgan fingerprint density at radius 1 is 0.339 bits per heavy atom. The molecule has 0 aliphatic heterocycles. The minimum absolute atomic E-state index is 0.0951. The van der Waals surface area contributed by atoms with E-state index < -0.39 is 6.10 Å². The average molecular weight is 865 g/mol. The molecule has 0 amide bonds. The van der Waals surface area contributed by atoms with E-state index in [0.29, 0.717) is 19.3 Å². The molecule has 0 heterocycles. The SMILES string of the molecule is CC/C=C\C/C=C\C/C=C\C/C=C\CCCCC(=O)OC(COC(=O)CCCCCCC/C=C\C/C=C\CCC)COC(=O)CCCCCCCCCCCCCCCCCC. The highest BCUT2D eigenvalue weighted by Gasteiger charge is 2.19. The van der Waals surface area contributed by atoms with Gasteiger partial charge in [0.25, 0.3) is 0 Å². The highest BCUT2D eigenvalue weighted by Crippen LogP contribution is 2.15. The number of unbranched alkanes of at least 4 members (excludes halogenated alkanes) is 23. The van der Waals surface area contributed by atoms with Gasteiger partial charge in [-0.25, -0.2) is 0 Å². The Bertz CT molecular complexity index is 1180. The second-order valence-electron chi connectivity index (χ2n) is 17.1. The lowest BCUT2D eigenvalue weighted by atomic mass is 10.0. The summed E-state index contributed by atoms with van der Waals surface area (Å²) in [5, 5.41) is 0. The summed E-state index contributed by atoms with van der Waals surface area (Å²) in [4.78, 5) is 38.0. The summed E-state index contributed by atoms with van der Waals surface area (Å²) < 4.78 is 16.8. The number of ether oxygens (including phenoxy) is 3. The summed E-state index contributed by atoms with van der Waals surface area (Å²) in [5.74, 6) is -0.949. The van der Waals surface area contributed by atoms with E-state index >= 15 is 0 Å². The molecule has 0 aromatic heterocycles. The molecule has 0 spiro atoms. The van der Waals surface area contributed by atoms with E-state index in [1.165, 1.54) is 89.9 Å². The van der Waals surface area contributed by atoms with Crippen molar-refractivity contribution in [3.05, 3.63) is 72.9 Å². The van der Waals surface area contributed by atoms with E-state index in [0.717, 1.165) is 109 Å². The summed E-state index contributed by atoms with van der Waals surface area (Å²) >= 11 is 0. The molecule has 62 heavy (non-hydrogen) atoms. The highest BCUT2D eigenvalue weighted by atomic mass is 16.6. The average Bonchev–Trinajstić information content (AvgIpc) is 3.27. The van der Waals surface area contributed by atoms with Gasteiger partial charge in [-0.2, -0.15) is 0 Å². The van der Waals surface area contributed by atoms with Crippen LogP contribution in [0.15, 0.2) is 72.9 Å². The lowest BCUT2D eigenvalue weighted by Gasteiger charge is -2.18. The lowest BCUT2D eigenvalue weighted by Crippen LogP contribution is -2.30. The minimum atomic E-state index is -0.800. The van der Waals surface area contributed by atoms with Crippen molar-refractivity contribution in [1.82, 2.24) is 0 Å². The van der Waals surface area contributed by atoms with Gasteiger partial charge in [0.15, 0.2) is 6.10 Å². The molecule has 0 saturated heterocycles. The largest absolute Gasteiger partial charge is 0.462 e. The number of rotatable bonds is 46. The van der Waals surface area contributed by atoms with Gasteiger partial charge in [0.05, 0.1) is 0 Å². The fraction of sp³-hybridized carbons (Fsp3) is 0.732. The lowest BCUT2D eigenvalue weighted by molar-refractivity contribution is -0.167. The first-order chi connectivity index (χ1) is 30.5. The molecule has 0 rings (SSSR count). The molecule has 356 valence electrons. The standard InChI is InChI=1S/C56H96O6/c1-4-7-10-13-16-19-22-25-27-29-31-34-37-40-43-46-49-55(58)61-52-53(51-60-54(57)48-45-42-39-36-33-30-24-21-18-15-12-9-6-3)62-56(59)50-47-44-41-38-35-32-28-26-23-20-17-14-11-8-5-2/h8,11-12,15,17,20-21,24,26,28,35,38,53H,4-7,9-10,13-14,16,18-19,22-23,25,27,29-34,36-37,39-52H2,1-3H3/b11-8-,15-12-,20-17-,24-21-,28-26-,38-35-. The Kier molecular flexibility index (Phi) is 47.9. The topological polar surface area (TPSA) is 78.9 Å². The monoisotopic (exact) mass is 865 g/mol. The van der Waals surface area contributed by atoms with Gasteiger partial charge in [0.1, 0.15) is 13.2 Å². The number of carbonyl (C=O) groups excluding carboxylic acids is 3. The molecular weight excluding hydrogens is 769 g/mol. The van der Waals surface area contributed by atoms with Crippen molar-refractivity contribution >= 4 is 17.9 Å². The number of hydrogen-bond acceptors (Lipinski definition) is 6. The molecule has 0 aliphatic rings.